The first-order chi connectivity index (χ1) is 25.0. The van der Waals surface area contributed by atoms with Crippen molar-refractivity contribution in [2.45, 2.75) is 56.8 Å². The lowest BCUT2D eigenvalue weighted by atomic mass is 9.67. The summed E-state index contributed by atoms with van der Waals surface area (Å²) in [5.74, 6) is 2.05. The van der Waals surface area contributed by atoms with Gasteiger partial charge in [0.15, 0.2) is 17.5 Å². The van der Waals surface area contributed by atoms with Crippen molar-refractivity contribution in [3.8, 4) is 67.5 Å². The highest BCUT2D eigenvalue weighted by molar-refractivity contribution is 5.90. The Bertz CT molecular complexity index is 2450. The average molecular weight is 658 g/mol. The summed E-state index contributed by atoms with van der Waals surface area (Å²) in [5.41, 5.74) is 16.7. The van der Waals surface area contributed by atoms with E-state index in [2.05, 4.69) is 129 Å². The lowest BCUT2D eigenvalue weighted by Crippen LogP contribution is -2.28. The number of nitrogens with zero attached hydrogens (tertiary/aromatic N) is 3. The normalized spacial score (nSPS) is 16.0. The molecule has 0 N–H and O–H groups in total. The van der Waals surface area contributed by atoms with E-state index < -0.39 is 0 Å². The predicted octanol–water partition coefficient (Wildman–Crippen LogP) is 12.1. The van der Waals surface area contributed by atoms with Crippen molar-refractivity contribution in [1.82, 2.24) is 15.0 Å². The second-order valence-corrected chi connectivity index (χ2v) is 15.1. The molecule has 10 rings (SSSR count). The first kappa shape index (κ1) is 30.2. The van der Waals surface area contributed by atoms with E-state index in [0.29, 0.717) is 17.5 Å². The summed E-state index contributed by atoms with van der Waals surface area (Å²) in [6, 6.07) is 50.5. The molecule has 0 unspecified atom stereocenters. The van der Waals surface area contributed by atoms with Crippen LogP contribution in [-0.4, -0.2) is 15.0 Å². The van der Waals surface area contributed by atoms with Crippen molar-refractivity contribution in [1.29, 1.82) is 0 Å². The van der Waals surface area contributed by atoms with Crippen LogP contribution < -0.4 is 0 Å². The van der Waals surface area contributed by atoms with Gasteiger partial charge in [0.1, 0.15) is 0 Å². The summed E-state index contributed by atoms with van der Waals surface area (Å²) < 4.78 is 0. The van der Waals surface area contributed by atoms with Gasteiger partial charge in [-0.1, -0.05) is 154 Å². The molecule has 0 amide bonds. The van der Waals surface area contributed by atoms with Gasteiger partial charge in [-0.25, -0.2) is 15.0 Å². The average Bonchev–Trinajstić information content (AvgIpc) is 3.58. The largest absolute Gasteiger partial charge is 0.208 e. The molecule has 1 fully saturated rings. The van der Waals surface area contributed by atoms with Crippen LogP contribution in [0.3, 0.4) is 0 Å². The van der Waals surface area contributed by atoms with Gasteiger partial charge in [0, 0.05) is 27.5 Å². The van der Waals surface area contributed by atoms with Gasteiger partial charge in [-0.15, -0.1) is 0 Å². The SMILES string of the molecule is CC1(C)c2cc(-c3nc(-c4ccccc4)nc(-c4ccc(-c5ccccc5)cc4)n3)ccc2-c2cc3c(cc21)-c1ccccc1C31CCCCC1. The van der Waals surface area contributed by atoms with E-state index in [1.165, 1.54) is 76.6 Å². The maximum Gasteiger partial charge on any atom is 0.164 e. The van der Waals surface area contributed by atoms with Crippen molar-refractivity contribution >= 4 is 0 Å². The first-order valence-electron chi connectivity index (χ1n) is 18.4. The molecular formula is C48H39N3. The molecule has 0 aliphatic heterocycles. The monoisotopic (exact) mass is 657 g/mol. The molecule has 3 heteroatoms. The predicted molar refractivity (Wildman–Crippen MR) is 208 cm³/mol. The molecular weight excluding hydrogens is 619 g/mol. The van der Waals surface area contributed by atoms with Crippen molar-refractivity contribution in [2.75, 3.05) is 0 Å². The molecule has 3 nitrogen and oxygen atoms in total. The van der Waals surface area contributed by atoms with Crippen LogP contribution in [0.4, 0.5) is 0 Å². The lowest BCUT2D eigenvalue weighted by molar-refractivity contribution is 0.353. The Hall–Kier alpha value is -5.67. The summed E-state index contributed by atoms with van der Waals surface area (Å²) in [4.78, 5) is 15.2. The van der Waals surface area contributed by atoms with Gasteiger partial charge in [-0.3, -0.25) is 0 Å². The number of aromatic nitrogens is 3. The first-order valence-corrected chi connectivity index (χ1v) is 18.4. The minimum absolute atomic E-state index is 0.139. The van der Waals surface area contributed by atoms with Gasteiger partial charge in [0.05, 0.1) is 0 Å². The fourth-order valence-corrected chi connectivity index (χ4v) is 9.31. The molecule has 1 spiro atoms. The Morgan fingerprint density at radius 3 is 1.55 bits per heavy atom. The van der Waals surface area contributed by atoms with Crippen molar-refractivity contribution < 1.29 is 0 Å². The molecule has 1 aromatic heterocycles. The maximum atomic E-state index is 5.13. The highest BCUT2D eigenvalue weighted by Gasteiger charge is 2.46. The second kappa shape index (κ2) is 11.4. The molecule has 0 atom stereocenters. The summed E-state index contributed by atoms with van der Waals surface area (Å²) in [6.07, 6.45) is 6.42. The molecule has 0 radical (unpaired) electrons. The Morgan fingerprint density at radius 1 is 0.373 bits per heavy atom. The summed E-state index contributed by atoms with van der Waals surface area (Å²) in [7, 11) is 0. The minimum atomic E-state index is -0.168. The Labute approximate surface area is 300 Å². The standard InChI is InChI=1S/C48H39N3/c1-47(2)41-28-35(24-25-37(41)38-30-43-39(29-42(38)47)36-18-10-11-19-40(36)48(43)26-12-5-13-27-48)46-50-44(33-16-8-4-9-17-33)49-45(51-46)34-22-20-32(21-23-34)31-14-6-3-7-15-31/h3-4,6-11,14-25,28-30H,5,12-13,26-27H2,1-2H3. The third-order valence-electron chi connectivity index (χ3n) is 11.9. The van der Waals surface area contributed by atoms with Crippen molar-refractivity contribution in [2.24, 2.45) is 0 Å². The van der Waals surface area contributed by atoms with E-state index in [-0.39, 0.29) is 10.8 Å². The number of hydrogen-bond acceptors (Lipinski definition) is 3. The van der Waals surface area contributed by atoms with E-state index in [4.69, 9.17) is 15.0 Å². The highest BCUT2D eigenvalue weighted by Crippen LogP contribution is 2.59. The third kappa shape index (κ3) is 4.68. The molecule has 3 aliphatic rings. The van der Waals surface area contributed by atoms with Gasteiger partial charge in [0.2, 0.25) is 0 Å². The Kier molecular flexibility index (Phi) is 6.76. The van der Waals surface area contributed by atoms with E-state index in [0.717, 1.165) is 16.7 Å². The van der Waals surface area contributed by atoms with Crippen molar-refractivity contribution in [3.05, 3.63) is 162 Å². The smallest absolute Gasteiger partial charge is 0.164 e. The van der Waals surface area contributed by atoms with Crippen LogP contribution in [-0.2, 0) is 10.8 Å². The van der Waals surface area contributed by atoms with E-state index in [1.54, 1.807) is 11.1 Å². The van der Waals surface area contributed by atoms with Crippen LogP contribution >= 0.6 is 0 Å². The summed E-state index contributed by atoms with van der Waals surface area (Å²) in [6.45, 7) is 4.77. The van der Waals surface area contributed by atoms with Crippen LogP contribution in [0.15, 0.2) is 140 Å². The fourth-order valence-electron chi connectivity index (χ4n) is 9.31. The molecule has 246 valence electrons. The maximum absolute atomic E-state index is 5.13. The molecule has 0 saturated heterocycles. The fraction of sp³-hybridized carbons (Fsp3) is 0.188. The zero-order chi connectivity index (χ0) is 34.2. The van der Waals surface area contributed by atoms with E-state index >= 15 is 0 Å². The molecule has 3 aliphatic carbocycles. The molecule has 0 bridgehead atoms. The molecule has 7 aromatic rings. The Balaban J connectivity index is 1.09. The quantitative estimate of drug-likeness (QED) is 0.189. The number of fused-ring (bicyclic) bond motifs is 8. The van der Waals surface area contributed by atoms with E-state index in [9.17, 15) is 0 Å². The van der Waals surface area contributed by atoms with Crippen LogP contribution in [0.2, 0.25) is 0 Å². The molecule has 6 aromatic carbocycles. The minimum Gasteiger partial charge on any atom is -0.208 e. The van der Waals surface area contributed by atoms with Gasteiger partial charge in [-0.05, 0) is 86.7 Å². The van der Waals surface area contributed by atoms with Crippen LogP contribution in [0.5, 0.6) is 0 Å². The topological polar surface area (TPSA) is 38.7 Å². The van der Waals surface area contributed by atoms with Gasteiger partial charge >= 0.3 is 0 Å². The molecule has 1 saturated carbocycles. The summed E-state index contributed by atoms with van der Waals surface area (Å²) in [5, 5.41) is 0. The number of hydrogen-bond donors (Lipinski definition) is 0. The lowest BCUT2D eigenvalue weighted by Gasteiger charge is -2.36. The van der Waals surface area contributed by atoms with Crippen LogP contribution in [0.1, 0.15) is 68.2 Å². The zero-order valence-electron chi connectivity index (χ0n) is 29.2. The zero-order valence-corrected chi connectivity index (χ0v) is 29.2. The number of benzene rings is 6. The van der Waals surface area contributed by atoms with Crippen LogP contribution in [0, 0.1) is 0 Å². The summed E-state index contributed by atoms with van der Waals surface area (Å²) >= 11 is 0. The van der Waals surface area contributed by atoms with E-state index in [1.807, 2.05) is 24.3 Å². The number of rotatable bonds is 4. The molecule has 1 heterocycles. The Morgan fingerprint density at radius 2 is 0.843 bits per heavy atom. The highest BCUT2D eigenvalue weighted by atomic mass is 15.0. The second-order valence-electron chi connectivity index (χ2n) is 15.1. The van der Waals surface area contributed by atoms with Crippen LogP contribution in [0.25, 0.3) is 67.5 Å². The molecule has 51 heavy (non-hydrogen) atoms. The van der Waals surface area contributed by atoms with Gasteiger partial charge < -0.3 is 0 Å². The van der Waals surface area contributed by atoms with Crippen molar-refractivity contribution in [3.63, 3.8) is 0 Å². The third-order valence-corrected chi connectivity index (χ3v) is 11.9. The van der Waals surface area contributed by atoms with Gasteiger partial charge in [0.25, 0.3) is 0 Å². The van der Waals surface area contributed by atoms with Gasteiger partial charge in [-0.2, -0.15) is 0 Å².